The minimum absolute atomic E-state index is 0.0377. The van der Waals surface area contributed by atoms with Crippen molar-refractivity contribution in [3.8, 4) is 0 Å². The lowest BCUT2D eigenvalue weighted by Crippen LogP contribution is -2.56. The van der Waals surface area contributed by atoms with Crippen molar-refractivity contribution in [3.05, 3.63) is 70.8 Å². The molecule has 1 aliphatic heterocycles. The van der Waals surface area contributed by atoms with Crippen LogP contribution < -0.4 is 10.6 Å². The molecule has 3 N–H and O–H groups in total. The van der Waals surface area contributed by atoms with Gasteiger partial charge in [-0.2, -0.15) is 0 Å². The Labute approximate surface area is 231 Å². The number of aliphatic hydroxyl groups excluding tert-OH is 1. The number of benzene rings is 2. The van der Waals surface area contributed by atoms with Crippen LogP contribution in [0, 0.1) is 11.6 Å². The Kier molecular flexibility index (Phi) is 10.6. The minimum Gasteiger partial charge on any atom is -0.390 e. The van der Waals surface area contributed by atoms with E-state index >= 15 is 0 Å². The van der Waals surface area contributed by atoms with Gasteiger partial charge < -0.3 is 15.7 Å². The highest BCUT2D eigenvalue weighted by Gasteiger charge is 2.40. The lowest BCUT2D eigenvalue weighted by atomic mass is 9.80. The van der Waals surface area contributed by atoms with E-state index < -0.39 is 39.3 Å². The summed E-state index contributed by atoms with van der Waals surface area (Å²) in [6, 6.07) is 10.5. The van der Waals surface area contributed by atoms with Gasteiger partial charge in [-0.05, 0) is 60.4 Å². The maximum atomic E-state index is 13.8. The Balaban J connectivity index is 1.85. The van der Waals surface area contributed by atoms with Crippen molar-refractivity contribution >= 4 is 15.9 Å². The second-order valence-electron chi connectivity index (χ2n) is 10.8. The molecule has 7 nitrogen and oxygen atoms in total. The molecule has 0 unspecified atom stereocenters. The lowest BCUT2D eigenvalue weighted by Gasteiger charge is -2.43. The number of amides is 1. The van der Waals surface area contributed by atoms with E-state index in [1.807, 2.05) is 19.1 Å². The Morgan fingerprint density at radius 3 is 2.31 bits per heavy atom. The highest BCUT2D eigenvalue weighted by Crippen LogP contribution is 2.35. The molecule has 1 fully saturated rings. The van der Waals surface area contributed by atoms with Gasteiger partial charge in [0.05, 0.1) is 17.9 Å². The molecule has 2 aromatic carbocycles. The summed E-state index contributed by atoms with van der Waals surface area (Å²) in [7, 11) is -3.34. The van der Waals surface area contributed by atoms with Crippen molar-refractivity contribution in [1.82, 2.24) is 14.9 Å². The van der Waals surface area contributed by atoms with E-state index in [2.05, 4.69) is 36.6 Å². The van der Waals surface area contributed by atoms with Crippen molar-refractivity contribution in [1.29, 1.82) is 0 Å². The molecule has 1 amide bonds. The number of piperidine rings is 1. The van der Waals surface area contributed by atoms with Crippen LogP contribution in [0.4, 0.5) is 8.78 Å². The predicted molar refractivity (Wildman–Crippen MR) is 149 cm³/mol. The summed E-state index contributed by atoms with van der Waals surface area (Å²) in [6.07, 6.45) is 0.515. The van der Waals surface area contributed by atoms with E-state index in [1.54, 1.807) is 0 Å². The summed E-state index contributed by atoms with van der Waals surface area (Å²) in [4.78, 5) is 11.9. The van der Waals surface area contributed by atoms with Crippen molar-refractivity contribution in [2.45, 2.75) is 77.0 Å². The van der Waals surface area contributed by atoms with Crippen LogP contribution in [0.5, 0.6) is 0 Å². The summed E-state index contributed by atoms with van der Waals surface area (Å²) >= 11 is 0. The Hall–Kier alpha value is -2.40. The molecule has 10 heteroatoms. The van der Waals surface area contributed by atoms with Gasteiger partial charge in [0.15, 0.2) is 0 Å². The number of halogens is 2. The zero-order valence-corrected chi connectivity index (χ0v) is 24.0. The average Bonchev–Trinajstić information content (AvgIpc) is 2.86. The normalized spacial score (nSPS) is 17.6. The van der Waals surface area contributed by atoms with Crippen molar-refractivity contribution in [2.75, 3.05) is 25.4 Å². The molecule has 2 atom stereocenters. The summed E-state index contributed by atoms with van der Waals surface area (Å²) in [5, 5.41) is 17.4. The predicted octanol–water partition coefficient (Wildman–Crippen LogP) is 3.82. The second kappa shape index (κ2) is 13.3. The zero-order valence-electron chi connectivity index (χ0n) is 23.2. The van der Waals surface area contributed by atoms with Gasteiger partial charge in [0.2, 0.25) is 15.9 Å². The molecular weight excluding hydrogens is 524 g/mol. The minimum atomic E-state index is -3.34. The number of carbonyl (C=O) groups is 1. The van der Waals surface area contributed by atoms with E-state index in [0.29, 0.717) is 43.8 Å². The Morgan fingerprint density at radius 2 is 1.74 bits per heavy atom. The van der Waals surface area contributed by atoms with Gasteiger partial charge in [-0.15, -0.1) is 0 Å². The molecule has 0 aliphatic carbocycles. The fourth-order valence-electron chi connectivity index (χ4n) is 5.27. The fourth-order valence-corrected chi connectivity index (χ4v) is 6.78. The number of carbonyl (C=O) groups excluding carboxylic acids is 1. The van der Waals surface area contributed by atoms with Gasteiger partial charge in [-0.3, -0.25) is 4.79 Å². The monoisotopic (exact) mass is 565 g/mol. The van der Waals surface area contributed by atoms with Crippen LogP contribution in [0.25, 0.3) is 0 Å². The van der Waals surface area contributed by atoms with Gasteiger partial charge in [0.25, 0.3) is 0 Å². The van der Waals surface area contributed by atoms with Gasteiger partial charge >= 0.3 is 0 Å². The first-order chi connectivity index (χ1) is 18.3. The molecular formula is C29H41F2N3O4S. The molecule has 0 radical (unpaired) electrons. The fraction of sp³-hybridized carbons (Fsp3) is 0.552. The number of nitrogens with zero attached hydrogens (tertiary/aromatic N) is 1. The van der Waals surface area contributed by atoms with Gasteiger partial charge in [0, 0.05) is 38.2 Å². The molecule has 39 heavy (non-hydrogen) atoms. The molecule has 1 saturated heterocycles. The third-order valence-corrected chi connectivity index (χ3v) is 9.49. The van der Waals surface area contributed by atoms with E-state index in [-0.39, 0.29) is 24.6 Å². The van der Waals surface area contributed by atoms with E-state index in [1.165, 1.54) is 23.4 Å². The largest absolute Gasteiger partial charge is 0.390 e. The third-order valence-electron chi connectivity index (χ3n) is 7.42. The molecule has 3 rings (SSSR count). The SMILES string of the molecule is CCCS(=O)(=O)N1CCC(NC[C@@H](O)[C@H](Cc2cc(F)cc(F)c2)NC(C)=O)(c2cccc(C(C)C)c2)CC1. The van der Waals surface area contributed by atoms with Crippen LogP contribution in [-0.4, -0.2) is 61.3 Å². The summed E-state index contributed by atoms with van der Waals surface area (Å²) in [5.74, 6) is -1.42. The number of hydrogen-bond donors (Lipinski definition) is 3. The first kappa shape index (κ1) is 31.1. The number of sulfonamides is 1. The van der Waals surface area contributed by atoms with Crippen LogP contribution in [0.1, 0.15) is 69.6 Å². The summed E-state index contributed by atoms with van der Waals surface area (Å²) in [5.41, 5.74) is 1.88. The molecule has 0 spiro atoms. The van der Waals surface area contributed by atoms with Gasteiger partial charge in [-0.25, -0.2) is 21.5 Å². The number of rotatable bonds is 12. The molecule has 1 heterocycles. The first-order valence-corrected chi connectivity index (χ1v) is 15.2. The molecule has 216 valence electrons. The standard InChI is InChI=1S/C29H41F2N3O4S/c1-5-13-39(37,38)34-11-9-29(10-12-34,24-8-6-7-23(17-24)20(2)3)32-19-28(36)27(33-21(4)35)16-22-14-25(30)18-26(31)15-22/h6-8,14-15,17-18,20,27-28,32,36H,5,9-13,16,19H2,1-4H3,(H,33,35)/t27-,28+/m0/s1. The maximum absolute atomic E-state index is 13.8. The number of aliphatic hydroxyl groups is 1. The quantitative estimate of drug-likeness (QED) is 0.364. The second-order valence-corrected chi connectivity index (χ2v) is 12.9. The van der Waals surface area contributed by atoms with Crippen LogP contribution in [0.2, 0.25) is 0 Å². The molecule has 0 aromatic heterocycles. The van der Waals surface area contributed by atoms with E-state index in [0.717, 1.165) is 17.2 Å². The summed E-state index contributed by atoms with van der Waals surface area (Å²) in [6.45, 7) is 8.15. The first-order valence-electron chi connectivity index (χ1n) is 13.6. The summed E-state index contributed by atoms with van der Waals surface area (Å²) < 4.78 is 54.5. The number of hydrogen-bond acceptors (Lipinski definition) is 5. The van der Waals surface area contributed by atoms with E-state index in [4.69, 9.17) is 0 Å². The van der Waals surface area contributed by atoms with Crippen molar-refractivity contribution in [3.63, 3.8) is 0 Å². The van der Waals surface area contributed by atoms with E-state index in [9.17, 15) is 27.1 Å². The van der Waals surface area contributed by atoms with Crippen LogP contribution in [0.3, 0.4) is 0 Å². The molecule has 0 bridgehead atoms. The smallest absolute Gasteiger partial charge is 0.217 e. The van der Waals surface area contributed by atoms with Gasteiger partial charge in [0.1, 0.15) is 11.6 Å². The zero-order chi connectivity index (χ0) is 28.8. The van der Waals surface area contributed by atoms with Crippen molar-refractivity contribution in [2.24, 2.45) is 0 Å². The van der Waals surface area contributed by atoms with Crippen molar-refractivity contribution < 1.29 is 27.1 Å². The maximum Gasteiger partial charge on any atom is 0.217 e. The third kappa shape index (κ3) is 8.30. The van der Waals surface area contributed by atoms with Gasteiger partial charge in [-0.1, -0.05) is 45.0 Å². The van der Waals surface area contributed by atoms with Crippen LogP contribution in [0.15, 0.2) is 42.5 Å². The Bertz CT molecular complexity index is 1210. The molecule has 2 aromatic rings. The average molecular weight is 566 g/mol. The molecule has 0 saturated carbocycles. The highest BCUT2D eigenvalue weighted by atomic mass is 32.2. The molecule has 1 aliphatic rings. The highest BCUT2D eigenvalue weighted by molar-refractivity contribution is 7.89. The topological polar surface area (TPSA) is 98.7 Å². The Morgan fingerprint density at radius 1 is 1.10 bits per heavy atom. The lowest BCUT2D eigenvalue weighted by molar-refractivity contribution is -0.120. The van der Waals surface area contributed by atoms with Crippen LogP contribution in [-0.2, 0) is 26.8 Å². The van der Waals surface area contributed by atoms with Crippen LogP contribution >= 0.6 is 0 Å². The number of nitrogens with one attached hydrogen (secondary N) is 2.